The zero-order valence-corrected chi connectivity index (χ0v) is 18.1. The standard InChI is InChI=1S/C24H31N3O4/c1-2-30-23(28)21-10-6-15-26-22(21)11-7-14-25-20-12-16-27(17-13-20)24(29)31-18-19-8-4-3-5-9-19/h3-6,8-10,15,20,25H,2,7,11-14,16-18H2,1H3. The summed E-state index contributed by atoms with van der Waals surface area (Å²) in [5.74, 6) is -0.315. The van der Waals surface area contributed by atoms with Gasteiger partial charge in [0.2, 0.25) is 0 Å². The highest BCUT2D eigenvalue weighted by Crippen LogP contribution is 2.14. The van der Waals surface area contributed by atoms with Crippen molar-refractivity contribution in [3.8, 4) is 0 Å². The Morgan fingerprint density at radius 1 is 1.10 bits per heavy atom. The van der Waals surface area contributed by atoms with Crippen molar-refractivity contribution in [2.45, 2.75) is 45.3 Å². The molecular formula is C24H31N3O4. The molecule has 2 heterocycles. The van der Waals surface area contributed by atoms with E-state index in [4.69, 9.17) is 9.47 Å². The van der Waals surface area contributed by atoms with Crippen LogP contribution in [-0.4, -0.2) is 54.2 Å². The first-order valence-electron chi connectivity index (χ1n) is 11.0. The molecule has 0 atom stereocenters. The van der Waals surface area contributed by atoms with Gasteiger partial charge in [0.15, 0.2) is 0 Å². The van der Waals surface area contributed by atoms with Gasteiger partial charge in [0.05, 0.1) is 17.9 Å². The summed E-state index contributed by atoms with van der Waals surface area (Å²) in [6.07, 6.45) is 4.85. The Bertz CT molecular complexity index is 836. The van der Waals surface area contributed by atoms with Crippen molar-refractivity contribution in [2.24, 2.45) is 0 Å². The van der Waals surface area contributed by atoms with Crippen LogP contribution < -0.4 is 5.32 Å². The van der Waals surface area contributed by atoms with Gasteiger partial charge >= 0.3 is 12.1 Å². The molecule has 1 saturated heterocycles. The number of aromatic nitrogens is 1. The molecule has 2 aromatic rings. The van der Waals surface area contributed by atoms with E-state index in [1.807, 2.05) is 30.3 Å². The van der Waals surface area contributed by atoms with E-state index >= 15 is 0 Å². The highest BCUT2D eigenvalue weighted by Gasteiger charge is 2.23. The minimum atomic E-state index is -0.315. The molecule has 0 unspecified atom stereocenters. The number of benzene rings is 1. The maximum atomic E-state index is 12.3. The molecule has 1 aliphatic heterocycles. The Balaban J connectivity index is 1.34. The summed E-state index contributed by atoms with van der Waals surface area (Å²) in [6, 6.07) is 13.6. The van der Waals surface area contributed by atoms with Gasteiger partial charge in [-0.1, -0.05) is 30.3 Å². The number of rotatable bonds is 9. The summed E-state index contributed by atoms with van der Waals surface area (Å²) in [6.45, 7) is 4.68. The number of carbonyl (C=O) groups is 2. The minimum Gasteiger partial charge on any atom is -0.462 e. The molecule has 1 amide bonds. The second-order valence-electron chi connectivity index (χ2n) is 7.58. The van der Waals surface area contributed by atoms with Crippen LogP contribution in [0.5, 0.6) is 0 Å². The van der Waals surface area contributed by atoms with Crippen LogP contribution in [0.2, 0.25) is 0 Å². The van der Waals surface area contributed by atoms with Crippen LogP contribution in [-0.2, 0) is 22.5 Å². The lowest BCUT2D eigenvalue weighted by Gasteiger charge is -2.31. The van der Waals surface area contributed by atoms with Gasteiger partial charge in [-0.25, -0.2) is 9.59 Å². The highest BCUT2D eigenvalue weighted by atomic mass is 16.6. The van der Waals surface area contributed by atoms with Crippen LogP contribution in [0, 0.1) is 0 Å². The number of aryl methyl sites for hydroxylation is 1. The smallest absolute Gasteiger partial charge is 0.410 e. The van der Waals surface area contributed by atoms with Crippen molar-refractivity contribution in [3.63, 3.8) is 0 Å². The Hall–Kier alpha value is -2.93. The number of hydrogen-bond donors (Lipinski definition) is 1. The summed E-state index contributed by atoms with van der Waals surface area (Å²) < 4.78 is 10.5. The second kappa shape index (κ2) is 12.1. The highest BCUT2D eigenvalue weighted by molar-refractivity contribution is 5.90. The van der Waals surface area contributed by atoms with Gasteiger partial charge in [0, 0.05) is 25.3 Å². The van der Waals surface area contributed by atoms with Crippen LogP contribution >= 0.6 is 0 Å². The third-order valence-electron chi connectivity index (χ3n) is 5.37. The molecule has 1 aliphatic rings. The Labute approximate surface area is 183 Å². The molecule has 166 valence electrons. The van der Waals surface area contributed by atoms with E-state index in [9.17, 15) is 9.59 Å². The average Bonchev–Trinajstić information content (AvgIpc) is 2.82. The lowest BCUT2D eigenvalue weighted by atomic mass is 10.0. The van der Waals surface area contributed by atoms with E-state index in [-0.39, 0.29) is 12.1 Å². The summed E-state index contributed by atoms with van der Waals surface area (Å²) in [5, 5.41) is 3.56. The molecule has 0 spiro atoms. The van der Waals surface area contributed by atoms with Crippen LogP contribution in [0.15, 0.2) is 48.7 Å². The number of nitrogens with one attached hydrogen (secondary N) is 1. The van der Waals surface area contributed by atoms with Crippen molar-refractivity contribution in [3.05, 3.63) is 65.5 Å². The van der Waals surface area contributed by atoms with Gasteiger partial charge in [0.25, 0.3) is 0 Å². The largest absolute Gasteiger partial charge is 0.462 e. The number of pyridine rings is 1. The number of piperidine rings is 1. The first-order valence-corrected chi connectivity index (χ1v) is 11.0. The lowest BCUT2D eigenvalue weighted by Crippen LogP contribution is -2.45. The molecule has 0 radical (unpaired) electrons. The Morgan fingerprint density at radius 3 is 2.61 bits per heavy atom. The molecule has 1 fully saturated rings. The number of esters is 1. The second-order valence-corrected chi connectivity index (χ2v) is 7.58. The zero-order valence-electron chi connectivity index (χ0n) is 18.1. The van der Waals surface area contributed by atoms with E-state index in [0.29, 0.717) is 44.3 Å². The number of likely N-dealkylation sites (tertiary alicyclic amines) is 1. The van der Waals surface area contributed by atoms with E-state index in [0.717, 1.165) is 37.1 Å². The monoisotopic (exact) mass is 425 g/mol. The number of nitrogens with zero attached hydrogens (tertiary/aromatic N) is 2. The van der Waals surface area contributed by atoms with Crippen molar-refractivity contribution in [1.29, 1.82) is 0 Å². The molecule has 1 aromatic heterocycles. The van der Waals surface area contributed by atoms with Gasteiger partial charge in [-0.2, -0.15) is 0 Å². The van der Waals surface area contributed by atoms with Crippen LogP contribution in [0.1, 0.15) is 47.8 Å². The number of carbonyl (C=O) groups excluding carboxylic acids is 2. The Kier molecular flexibility index (Phi) is 8.84. The molecule has 7 nitrogen and oxygen atoms in total. The number of hydrogen-bond acceptors (Lipinski definition) is 6. The predicted octanol–water partition coefficient (Wildman–Crippen LogP) is 3.58. The summed E-state index contributed by atoms with van der Waals surface area (Å²) in [7, 11) is 0. The third kappa shape index (κ3) is 7.07. The summed E-state index contributed by atoms with van der Waals surface area (Å²) in [4.78, 5) is 30.4. The van der Waals surface area contributed by atoms with Crippen molar-refractivity contribution >= 4 is 12.1 Å². The van der Waals surface area contributed by atoms with Crippen molar-refractivity contribution in [2.75, 3.05) is 26.2 Å². The van der Waals surface area contributed by atoms with Gasteiger partial charge in [-0.15, -0.1) is 0 Å². The minimum absolute atomic E-state index is 0.246. The summed E-state index contributed by atoms with van der Waals surface area (Å²) >= 11 is 0. The van der Waals surface area contributed by atoms with E-state index in [1.54, 1.807) is 30.2 Å². The fourth-order valence-electron chi connectivity index (χ4n) is 3.67. The zero-order chi connectivity index (χ0) is 21.9. The van der Waals surface area contributed by atoms with Crippen LogP contribution in [0.3, 0.4) is 0 Å². The SMILES string of the molecule is CCOC(=O)c1cccnc1CCCNC1CCN(C(=O)OCc2ccccc2)CC1. The molecule has 0 aliphatic carbocycles. The molecule has 3 rings (SSSR count). The van der Waals surface area contributed by atoms with Crippen molar-refractivity contribution in [1.82, 2.24) is 15.2 Å². The number of ether oxygens (including phenoxy) is 2. The molecular weight excluding hydrogens is 394 g/mol. The fraction of sp³-hybridized carbons (Fsp3) is 0.458. The topological polar surface area (TPSA) is 80.8 Å². The molecule has 1 N–H and O–H groups in total. The van der Waals surface area contributed by atoms with Gasteiger partial charge in [-0.3, -0.25) is 4.98 Å². The fourth-order valence-corrected chi connectivity index (χ4v) is 3.67. The van der Waals surface area contributed by atoms with E-state index in [1.165, 1.54) is 0 Å². The van der Waals surface area contributed by atoms with Crippen molar-refractivity contribution < 1.29 is 19.1 Å². The van der Waals surface area contributed by atoms with Gasteiger partial charge < -0.3 is 19.7 Å². The number of amides is 1. The molecule has 0 saturated carbocycles. The Morgan fingerprint density at radius 2 is 1.87 bits per heavy atom. The van der Waals surface area contributed by atoms with E-state index < -0.39 is 0 Å². The normalized spacial score (nSPS) is 14.3. The maximum Gasteiger partial charge on any atom is 0.410 e. The first-order chi connectivity index (χ1) is 15.2. The maximum absolute atomic E-state index is 12.3. The lowest BCUT2D eigenvalue weighted by molar-refractivity contribution is 0.0524. The molecule has 7 heteroatoms. The molecule has 31 heavy (non-hydrogen) atoms. The van der Waals surface area contributed by atoms with Crippen LogP contribution in [0.4, 0.5) is 4.79 Å². The van der Waals surface area contributed by atoms with Gasteiger partial charge in [0.1, 0.15) is 6.61 Å². The third-order valence-corrected chi connectivity index (χ3v) is 5.37. The van der Waals surface area contributed by atoms with Gasteiger partial charge in [-0.05, 0) is 56.8 Å². The first kappa shape index (κ1) is 22.7. The molecule has 1 aromatic carbocycles. The van der Waals surface area contributed by atoms with E-state index in [2.05, 4.69) is 10.3 Å². The quantitative estimate of drug-likeness (QED) is 0.489. The average molecular weight is 426 g/mol. The summed E-state index contributed by atoms with van der Waals surface area (Å²) in [5.41, 5.74) is 2.32. The van der Waals surface area contributed by atoms with Crippen LogP contribution in [0.25, 0.3) is 0 Å². The predicted molar refractivity (Wildman–Crippen MR) is 118 cm³/mol. The molecule has 0 bridgehead atoms.